The molecule has 3 aliphatic rings. The molecule has 0 saturated carbocycles. The summed E-state index contributed by atoms with van der Waals surface area (Å²) < 4.78 is 5.37. The van der Waals surface area contributed by atoms with Crippen molar-refractivity contribution in [1.29, 1.82) is 0 Å². The topological polar surface area (TPSA) is 49.9 Å². The van der Waals surface area contributed by atoms with Crippen LogP contribution in [0.4, 0.5) is 0 Å². The fourth-order valence-corrected chi connectivity index (χ4v) is 4.64. The zero-order valence-corrected chi connectivity index (χ0v) is 14.2. The van der Waals surface area contributed by atoms with Crippen LogP contribution in [0.15, 0.2) is 24.3 Å². The summed E-state index contributed by atoms with van der Waals surface area (Å²) in [5.41, 5.74) is 1.39. The Balaban J connectivity index is 1.67. The number of rotatable bonds is 1. The Morgan fingerprint density at radius 2 is 2.00 bits per heavy atom. The van der Waals surface area contributed by atoms with Gasteiger partial charge in [0.1, 0.15) is 0 Å². The first-order valence-corrected chi connectivity index (χ1v) is 8.79. The molecule has 2 heterocycles. The number of carbonyl (C=O) groups excluding carboxylic acids is 2. The van der Waals surface area contributed by atoms with E-state index < -0.39 is 5.41 Å². The molecule has 1 amide bonds. The van der Waals surface area contributed by atoms with Crippen LogP contribution in [0.3, 0.4) is 0 Å². The third kappa shape index (κ3) is 2.38. The highest BCUT2D eigenvalue weighted by Crippen LogP contribution is 2.46. The van der Waals surface area contributed by atoms with Crippen LogP contribution in [0, 0.1) is 11.3 Å². The fourth-order valence-electron chi connectivity index (χ4n) is 4.64. The van der Waals surface area contributed by atoms with Crippen LogP contribution in [-0.4, -0.2) is 67.9 Å². The molecule has 1 aromatic carbocycles. The van der Waals surface area contributed by atoms with Gasteiger partial charge in [-0.05, 0) is 25.5 Å². The number of ketones is 1. The normalized spacial score (nSPS) is 30.6. The SMILES string of the molecule is CN1C[C@@H](C(=O)N2CCOCC2)[C@@]2(CCc3ccccc3C2=O)C1. The molecule has 0 bridgehead atoms. The van der Waals surface area contributed by atoms with Gasteiger partial charge in [-0.15, -0.1) is 0 Å². The predicted molar refractivity (Wildman–Crippen MR) is 89.9 cm³/mol. The second-order valence-corrected chi connectivity index (χ2v) is 7.33. The molecule has 2 fully saturated rings. The van der Waals surface area contributed by atoms with Crippen molar-refractivity contribution in [3.05, 3.63) is 35.4 Å². The maximum Gasteiger partial charge on any atom is 0.228 e. The van der Waals surface area contributed by atoms with Crippen molar-refractivity contribution in [2.75, 3.05) is 46.4 Å². The molecule has 0 N–H and O–H groups in total. The van der Waals surface area contributed by atoms with Gasteiger partial charge in [-0.1, -0.05) is 24.3 Å². The molecule has 24 heavy (non-hydrogen) atoms. The predicted octanol–water partition coefficient (Wildman–Crippen LogP) is 1.22. The van der Waals surface area contributed by atoms with Crippen molar-refractivity contribution in [1.82, 2.24) is 9.80 Å². The van der Waals surface area contributed by atoms with Gasteiger partial charge in [0.15, 0.2) is 5.78 Å². The van der Waals surface area contributed by atoms with E-state index in [1.807, 2.05) is 36.2 Å². The van der Waals surface area contributed by atoms with Crippen LogP contribution >= 0.6 is 0 Å². The summed E-state index contributed by atoms with van der Waals surface area (Å²) in [4.78, 5) is 30.6. The zero-order chi connectivity index (χ0) is 16.7. The second-order valence-electron chi connectivity index (χ2n) is 7.33. The number of hydrogen-bond donors (Lipinski definition) is 0. The maximum absolute atomic E-state index is 13.4. The van der Waals surface area contributed by atoms with Crippen LogP contribution in [0.1, 0.15) is 22.3 Å². The Morgan fingerprint density at radius 1 is 1.25 bits per heavy atom. The molecule has 5 nitrogen and oxygen atoms in total. The van der Waals surface area contributed by atoms with E-state index in [4.69, 9.17) is 4.74 Å². The van der Waals surface area contributed by atoms with Crippen molar-refractivity contribution in [3.8, 4) is 0 Å². The molecule has 5 heteroatoms. The lowest BCUT2D eigenvalue weighted by Gasteiger charge is -2.39. The van der Waals surface area contributed by atoms with E-state index in [2.05, 4.69) is 4.90 Å². The summed E-state index contributed by atoms with van der Waals surface area (Å²) in [5, 5.41) is 0. The van der Waals surface area contributed by atoms with Gasteiger partial charge in [0.25, 0.3) is 0 Å². The zero-order valence-electron chi connectivity index (χ0n) is 14.2. The third-order valence-electron chi connectivity index (χ3n) is 5.89. The second kappa shape index (κ2) is 5.97. The number of amides is 1. The van der Waals surface area contributed by atoms with E-state index in [1.54, 1.807) is 0 Å². The highest BCUT2D eigenvalue weighted by Gasteiger charge is 2.56. The summed E-state index contributed by atoms with van der Waals surface area (Å²) in [6.07, 6.45) is 1.65. The first-order chi connectivity index (χ1) is 11.6. The minimum absolute atomic E-state index is 0.135. The van der Waals surface area contributed by atoms with Crippen molar-refractivity contribution < 1.29 is 14.3 Å². The summed E-state index contributed by atoms with van der Waals surface area (Å²) in [6, 6.07) is 7.87. The monoisotopic (exact) mass is 328 g/mol. The van der Waals surface area contributed by atoms with Crippen LogP contribution < -0.4 is 0 Å². The molecule has 1 spiro atoms. The first kappa shape index (κ1) is 15.8. The number of hydrogen-bond acceptors (Lipinski definition) is 4. The number of benzene rings is 1. The van der Waals surface area contributed by atoms with Crippen LogP contribution in [0.25, 0.3) is 0 Å². The lowest BCUT2D eigenvalue weighted by atomic mass is 9.64. The van der Waals surface area contributed by atoms with Gasteiger partial charge in [-0.25, -0.2) is 0 Å². The van der Waals surface area contributed by atoms with Gasteiger partial charge in [0.2, 0.25) is 5.91 Å². The first-order valence-electron chi connectivity index (χ1n) is 8.79. The van der Waals surface area contributed by atoms with Gasteiger partial charge in [-0.2, -0.15) is 0 Å². The highest BCUT2D eigenvalue weighted by atomic mass is 16.5. The summed E-state index contributed by atoms with van der Waals surface area (Å²) >= 11 is 0. The number of fused-ring (bicyclic) bond motifs is 1. The molecule has 2 atom stereocenters. The Labute approximate surface area is 142 Å². The number of carbonyl (C=O) groups is 2. The van der Waals surface area contributed by atoms with E-state index in [-0.39, 0.29) is 17.6 Å². The molecule has 2 saturated heterocycles. The summed E-state index contributed by atoms with van der Waals surface area (Å²) in [7, 11) is 2.02. The molecule has 2 aliphatic heterocycles. The number of Topliss-reactive ketones (excluding diaryl/α,β-unsaturated/α-hetero) is 1. The lowest BCUT2D eigenvalue weighted by molar-refractivity contribution is -0.141. The molecule has 1 aromatic rings. The minimum atomic E-state index is -0.557. The Hall–Kier alpha value is -1.72. The van der Waals surface area contributed by atoms with Gasteiger partial charge < -0.3 is 14.5 Å². The van der Waals surface area contributed by atoms with Crippen molar-refractivity contribution in [3.63, 3.8) is 0 Å². The average Bonchev–Trinajstić information content (AvgIpc) is 2.96. The van der Waals surface area contributed by atoms with E-state index >= 15 is 0 Å². The average molecular weight is 328 g/mol. The molecule has 128 valence electrons. The standard InChI is InChI=1S/C19H24N2O3/c1-20-12-16(18(23)21-8-10-24-11-9-21)19(13-20)7-6-14-4-2-3-5-15(14)17(19)22/h2-5,16H,6-13H2,1H3/t16-,19+/m0/s1. The minimum Gasteiger partial charge on any atom is -0.378 e. The van der Waals surface area contributed by atoms with Gasteiger partial charge in [-0.3, -0.25) is 9.59 Å². The number of ether oxygens (including phenoxy) is 1. The molecule has 1 aliphatic carbocycles. The van der Waals surface area contributed by atoms with Crippen molar-refractivity contribution in [2.45, 2.75) is 12.8 Å². The Morgan fingerprint density at radius 3 is 2.79 bits per heavy atom. The quantitative estimate of drug-likeness (QED) is 0.778. The number of aryl methyl sites for hydroxylation is 1. The van der Waals surface area contributed by atoms with Gasteiger partial charge >= 0.3 is 0 Å². The maximum atomic E-state index is 13.4. The molecular formula is C19H24N2O3. The van der Waals surface area contributed by atoms with Crippen LogP contribution in [-0.2, 0) is 16.0 Å². The molecule has 0 aromatic heterocycles. The highest BCUT2D eigenvalue weighted by molar-refractivity contribution is 6.06. The molecule has 0 radical (unpaired) electrons. The molecule has 0 unspecified atom stereocenters. The fraction of sp³-hybridized carbons (Fsp3) is 0.579. The number of morpholine rings is 1. The molecule has 4 rings (SSSR count). The van der Waals surface area contributed by atoms with Crippen LogP contribution in [0.2, 0.25) is 0 Å². The Bertz CT molecular complexity index is 668. The lowest BCUT2D eigenvalue weighted by Crippen LogP contribution is -2.51. The summed E-state index contributed by atoms with van der Waals surface area (Å²) in [6.45, 7) is 3.82. The van der Waals surface area contributed by atoms with E-state index in [1.165, 1.54) is 0 Å². The van der Waals surface area contributed by atoms with E-state index in [9.17, 15) is 9.59 Å². The van der Waals surface area contributed by atoms with E-state index in [0.29, 0.717) is 39.4 Å². The third-order valence-corrected chi connectivity index (χ3v) is 5.89. The molecular weight excluding hydrogens is 304 g/mol. The number of nitrogens with zero attached hydrogens (tertiary/aromatic N) is 2. The smallest absolute Gasteiger partial charge is 0.228 e. The summed E-state index contributed by atoms with van der Waals surface area (Å²) in [5.74, 6) is 0.0668. The largest absolute Gasteiger partial charge is 0.378 e. The van der Waals surface area contributed by atoms with Gasteiger partial charge in [0, 0.05) is 31.7 Å². The Kier molecular flexibility index (Phi) is 3.93. The number of likely N-dealkylation sites (tertiary alicyclic amines) is 1. The van der Waals surface area contributed by atoms with Crippen LogP contribution in [0.5, 0.6) is 0 Å². The van der Waals surface area contributed by atoms with Gasteiger partial charge in [0.05, 0.1) is 24.5 Å². The van der Waals surface area contributed by atoms with Crippen molar-refractivity contribution in [2.24, 2.45) is 11.3 Å². The van der Waals surface area contributed by atoms with Crippen molar-refractivity contribution >= 4 is 11.7 Å². The van der Waals surface area contributed by atoms with E-state index in [0.717, 1.165) is 24.0 Å².